The van der Waals surface area contributed by atoms with Gasteiger partial charge in [0, 0.05) is 24.7 Å². The number of aryl methyl sites for hydroxylation is 1. The predicted molar refractivity (Wildman–Crippen MR) is 123 cm³/mol. The summed E-state index contributed by atoms with van der Waals surface area (Å²) in [5, 5.41) is 11.3. The molecule has 11 heteroatoms. The van der Waals surface area contributed by atoms with E-state index < -0.39 is 25.5 Å². The molecule has 0 atom stereocenters. The quantitative estimate of drug-likeness (QED) is 0.168. The van der Waals surface area contributed by atoms with E-state index in [1.807, 2.05) is 18.2 Å². The first-order valence-electron chi connectivity index (χ1n) is 9.59. The number of sulfonamides is 1. The zero-order valence-corrected chi connectivity index (χ0v) is 20.1. The van der Waals surface area contributed by atoms with Crippen LogP contribution < -0.4 is 0 Å². The Kier molecular flexibility index (Phi) is 10.4. The van der Waals surface area contributed by atoms with E-state index in [4.69, 9.17) is 0 Å². The van der Waals surface area contributed by atoms with E-state index in [9.17, 15) is 21.8 Å². The molecule has 34 heavy (non-hydrogen) atoms. The topological polar surface area (TPSA) is 117 Å². The van der Waals surface area contributed by atoms with Crippen LogP contribution in [-0.4, -0.2) is 23.3 Å². The van der Waals surface area contributed by atoms with E-state index >= 15 is 0 Å². The normalized spacial score (nSPS) is 10.1. The number of hydrogen-bond acceptors (Lipinski definition) is 6. The van der Waals surface area contributed by atoms with Crippen molar-refractivity contribution in [2.75, 3.05) is 0 Å². The number of nitro groups is 1. The fraction of sp³-hybridized carbons (Fsp3) is 0.0435. The number of pyridine rings is 2. The third-order valence-electron chi connectivity index (χ3n) is 4.22. The summed E-state index contributed by atoms with van der Waals surface area (Å²) in [5.74, 6) is 0. The average Bonchev–Trinajstić information content (AvgIpc) is 2.87. The summed E-state index contributed by atoms with van der Waals surface area (Å²) in [7, 11) is -4.28. The fourth-order valence-electron chi connectivity index (χ4n) is 2.77. The van der Waals surface area contributed by atoms with Crippen LogP contribution in [0.2, 0.25) is 0 Å². The van der Waals surface area contributed by atoms with Crippen LogP contribution in [0, 0.1) is 17.0 Å². The summed E-state index contributed by atoms with van der Waals surface area (Å²) in [6, 6.07) is 21.5. The molecule has 0 bridgehead atoms. The Labute approximate surface area is 208 Å². The van der Waals surface area contributed by atoms with Gasteiger partial charge < -0.3 is 4.72 Å². The summed E-state index contributed by atoms with van der Waals surface area (Å²) < 4.78 is 38.6. The molecule has 2 aromatic heterocycles. The van der Waals surface area contributed by atoms with Gasteiger partial charge in [-0.25, -0.2) is 8.42 Å². The fourth-order valence-corrected chi connectivity index (χ4v) is 3.93. The van der Waals surface area contributed by atoms with Crippen LogP contribution in [0.25, 0.3) is 16.0 Å². The summed E-state index contributed by atoms with van der Waals surface area (Å²) in [4.78, 5) is 18.1. The Bertz CT molecular complexity index is 1280. The molecule has 0 saturated heterocycles. The van der Waals surface area contributed by atoms with Gasteiger partial charge in [-0.05, 0) is 48.4 Å². The molecule has 4 rings (SSSR count). The Morgan fingerprint density at radius 3 is 2.12 bits per heavy atom. The molecule has 0 fully saturated rings. The zero-order valence-electron chi connectivity index (χ0n) is 17.8. The van der Waals surface area contributed by atoms with Crippen molar-refractivity contribution in [1.82, 2.24) is 9.97 Å². The molecule has 0 N–H and O–H groups in total. The molecule has 0 aliphatic heterocycles. The maximum absolute atomic E-state index is 12.7. The van der Waals surface area contributed by atoms with Crippen molar-refractivity contribution in [1.29, 1.82) is 0 Å². The Balaban J connectivity index is 0.000000437. The monoisotopic (exact) mass is 572 g/mol. The first-order valence-corrected chi connectivity index (χ1v) is 11.6. The number of rotatable bonds is 5. The number of aromatic nitrogens is 2. The summed E-state index contributed by atoms with van der Waals surface area (Å²) >= 11 is 1.25. The smallest absolute Gasteiger partial charge is 0.0267 e. The Hall–Kier alpha value is -3.52. The van der Waals surface area contributed by atoms with E-state index in [1.54, 1.807) is 61.9 Å². The van der Waals surface area contributed by atoms with E-state index in [-0.39, 0.29) is 5.69 Å². The van der Waals surface area contributed by atoms with Gasteiger partial charge in [0.1, 0.15) is 14.9 Å². The number of nitro benzene ring substituents is 1. The van der Waals surface area contributed by atoms with Crippen LogP contribution in [-0.2, 0) is 29.7 Å². The molecular formula is C23H19FN4O4PdS. The second-order valence-corrected chi connectivity index (χ2v) is 8.12. The van der Waals surface area contributed by atoms with Gasteiger partial charge in [-0.3, -0.25) is 20.1 Å². The molecule has 8 nitrogen and oxygen atoms in total. The maximum atomic E-state index is 12.7. The van der Waals surface area contributed by atoms with Gasteiger partial charge >= 0.3 is 22.9 Å². The van der Waals surface area contributed by atoms with Crippen molar-refractivity contribution < 1.29 is 36.3 Å². The van der Waals surface area contributed by atoms with Gasteiger partial charge in [-0.15, -0.1) is 5.69 Å². The van der Waals surface area contributed by atoms with Gasteiger partial charge in [0.25, 0.3) is 5.69 Å². The molecule has 178 valence electrons. The van der Waals surface area contributed by atoms with Crippen molar-refractivity contribution in [3.8, 4) is 11.3 Å². The van der Waals surface area contributed by atoms with Crippen molar-refractivity contribution in [2.45, 2.75) is 11.8 Å². The standard InChI is InChI=1S/C18H14N3O4S.C5H5N.FH.Pd/c1-13-9-10-18(17(12-13)21(22)23)26(24,25)20-16-8-3-2-6-14(16)15-7-4-5-11-19-15;1-2-4-6-5-3-1;;/h2-12H,1H3;1-5H;1H;/q-1;;;+2/p-1. The third-order valence-corrected chi connectivity index (χ3v) is 5.56. The molecule has 2 aromatic carbocycles. The van der Waals surface area contributed by atoms with Crippen molar-refractivity contribution >= 4 is 21.4 Å². The van der Waals surface area contributed by atoms with Crippen LogP contribution in [0.15, 0.2) is 102 Å². The maximum Gasteiger partial charge on any atom is 0.0267 e. The molecular weight excluding hydrogens is 554 g/mol. The number of nitrogens with zero attached hydrogens (tertiary/aromatic N) is 4. The first-order chi connectivity index (χ1) is 16.4. The zero-order chi connectivity index (χ0) is 25.0. The molecule has 0 saturated carbocycles. The summed E-state index contributed by atoms with van der Waals surface area (Å²) in [6.07, 6.45) is 5.09. The summed E-state index contributed by atoms with van der Waals surface area (Å²) in [5.41, 5.74) is 1.33. The van der Waals surface area contributed by atoms with Gasteiger partial charge in [0.15, 0.2) is 0 Å². The van der Waals surface area contributed by atoms with Crippen molar-refractivity contribution in [2.24, 2.45) is 0 Å². The minimum absolute atomic E-state index is 0.168. The largest absolute Gasteiger partial charge is 0.265 e. The van der Waals surface area contributed by atoms with Gasteiger partial charge in [0.2, 0.25) is 0 Å². The van der Waals surface area contributed by atoms with E-state index in [0.717, 1.165) is 0 Å². The van der Waals surface area contributed by atoms with Crippen molar-refractivity contribution in [3.05, 3.63) is 118 Å². The molecule has 0 unspecified atom stereocenters. The number of hydrogen-bond donors (Lipinski definition) is 0. The second kappa shape index (κ2) is 13.3. The molecule has 0 spiro atoms. The van der Waals surface area contributed by atoms with Gasteiger partial charge in [0.05, 0.1) is 10.6 Å². The predicted octanol–water partition coefficient (Wildman–Crippen LogP) is 5.86. The molecule has 0 amide bonds. The number of halogens is 1. The Morgan fingerprint density at radius 2 is 1.56 bits per heavy atom. The molecule has 4 aromatic rings. The van der Waals surface area contributed by atoms with Gasteiger partial charge in [-0.2, -0.15) is 0 Å². The second-order valence-electron chi connectivity index (χ2n) is 6.55. The van der Waals surface area contributed by atoms with Crippen LogP contribution in [0.3, 0.4) is 0 Å². The van der Waals surface area contributed by atoms with Crippen LogP contribution in [0.5, 0.6) is 0 Å². The SMILES string of the molecule is Cc1ccc(S(=O)(=O)[N-]c2ccccc2-c2ccccn2)c([N+](=O)[O-])c1.[F][Pd+].c1ccncc1. The Morgan fingerprint density at radius 1 is 0.912 bits per heavy atom. The van der Waals surface area contributed by atoms with E-state index in [0.29, 0.717) is 16.8 Å². The minimum atomic E-state index is -4.28. The number of benzene rings is 2. The molecule has 0 aliphatic rings. The third kappa shape index (κ3) is 7.52. The summed E-state index contributed by atoms with van der Waals surface area (Å²) in [6.45, 7) is 1.65. The van der Waals surface area contributed by atoms with E-state index in [1.165, 1.54) is 44.0 Å². The molecule has 0 aliphatic carbocycles. The van der Waals surface area contributed by atoms with Crippen LogP contribution in [0.4, 0.5) is 14.6 Å². The minimum Gasteiger partial charge on any atom is -0.265 e. The first kappa shape index (κ1) is 26.7. The van der Waals surface area contributed by atoms with Crippen molar-refractivity contribution in [3.63, 3.8) is 0 Å². The average molecular weight is 573 g/mol. The van der Waals surface area contributed by atoms with Crippen LogP contribution >= 0.6 is 0 Å². The van der Waals surface area contributed by atoms with Gasteiger partial charge in [-0.1, -0.05) is 42.5 Å². The molecule has 2 heterocycles. The van der Waals surface area contributed by atoms with Crippen LogP contribution in [0.1, 0.15) is 5.56 Å². The van der Waals surface area contributed by atoms with E-state index in [2.05, 4.69) is 14.7 Å². The molecule has 0 radical (unpaired) electrons.